The van der Waals surface area contributed by atoms with Crippen molar-refractivity contribution >= 4 is 17.5 Å². The fraction of sp³-hybridized carbons (Fsp3) is 0.529. The fourth-order valence-corrected chi connectivity index (χ4v) is 3.61. The first-order valence-electron chi connectivity index (χ1n) is 8.69. The van der Waals surface area contributed by atoms with Gasteiger partial charge in [-0.15, -0.1) is 0 Å². The van der Waals surface area contributed by atoms with E-state index in [9.17, 15) is 9.59 Å². The van der Waals surface area contributed by atoms with E-state index in [0.717, 1.165) is 35.0 Å². The Morgan fingerprint density at radius 3 is 2.64 bits per heavy atom. The van der Waals surface area contributed by atoms with E-state index >= 15 is 0 Å². The second-order valence-electron chi connectivity index (χ2n) is 6.25. The lowest BCUT2D eigenvalue weighted by molar-refractivity contribution is -0.134. The maximum absolute atomic E-state index is 12.7. The lowest BCUT2D eigenvalue weighted by Crippen LogP contribution is -2.44. The van der Waals surface area contributed by atoms with Crippen LogP contribution in [0.4, 0.5) is 0 Å². The Bertz CT molecular complexity index is 794. The van der Waals surface area contributed by atoms with E-state index in [4.69, 9.17) is 11.6 Å². The third-order valence-corrected chi connectivity index (χ3v) is 5.00. The number of likely N-dealkylation sites (N-methyl/N-ethyl adjacent to an activating group) is 1. The number of tetrazole rings is 1. The Kier molecular flexibility index (Phi) is 5.53. The highest BCUT2D eigenvalue weighted by molar-refractivity contribution is 6.32. The maximum atomic E-state index is 12.7. The van der Waals surface area contributed by atoms with E-state index in [-0.39, 0.29) is 18.5 Å². The summed E-state index contributed by atoms with van der Waals surface area (Å²) in [6, 6.07) is 7.16. The first-order chi connectivity index (χ1) is 12.1. The van der Waals surface area contributed by atoms with E-state index in [1.165, 1.54) is 6.42 Å². The normalized spacial score (nSPS) is 15.3. The average molecular weight is 364 g/mol. The highest BCUT2D eigenvalue weighted by Crippen LogP contribution is 2.22. The Labute approximate surface area is 151 Å². The zero-order valence-electron chi connectivity index (χ0n) is 14.3. The topological polar surface area (TPSA) is 73.0 Å². The molecule has 0 radical (unpaired) electrons. The van der Waals surface area contributed by atoms with Crippen LogP contribution >= 0.6 is 11.6 Å². The molecule has 0 saturated heterocycles. The summed E-state index contributed by atoms with van der Waals surface area (Å²) >= 11 is 6.11. The number of halogens is 1. The molecular weight excluding hydrogens is 342 g/mol. The molecule has 25 heavy (non-hydrogen) atoms. The summed E-state index contributed by atoms with van der Waals surface area (Å²) in [7, 11) is 0. The van der Waals surface area contributed by atoms with Crippen molar-refractivity contribution < 1.29 is 4.79 Å². The molecule has 1 saturated carbocycles. The van der Waals surface area contributed by atoms with Crippen LogP contribution in [0.5, 0.6) is 0 Å². The van der Waals surface area contributed by atoms with Crippen LogP contribution in [-0.2, 0) is 11.3 Å². The van der Waals surface area contributed by atoms with Gasteiger partial charge in [0.15, 0.2) is 0 Å². The van der Waals surface area contributed by atoms with Crippen molar-refractivity contribution in [3.63, 3.8) is 0 Å². The maximum Gasteiger partial charge on any atom is 0.369 e. The van der Waals surface area contributed by atoms with E-state index in [1.807, 2.05) is 11.8 Å². The smallest absolute Gasteiger partial charge is 0.338 e. The summed E-state index contributed by atoms with van der Waals surface area (Å²) in [6.07, 6.45) is 5.59. The second-order valence-corrected chi connectivity index (χ2v) is 6.66. The quantitative estimate of drug-likeness (QED) is 0.816. The molecule has 1 amide bonds. The van der Waals surface area contributed by atoms with E-state index in [2.05, 4.69) is 10.4 Å². The van der Waals surface area contributed by atoms with Crippen molar-refractivity contribution in [3.8, 4) is 5.69 Å². The van der Waals surface area contributed by atoms with Crippen molar-refractivity contribution in [3.05, 3.63) is 39.8 Å². The van der Waals surface area contributed by atoms with Gasteiger partial charge in [0, 0.05) is 12.6 Å². The zero-order chi connectivity index (χ0) is 17.8. The lowest BCUT2D eigenvalue weighted by atomic mass is 9.94. The highest BCUT2D eigenvalue weighted by Gasteiger charge is 2.25. The third kappa shape index (κ3) is 3.76. The van der Waals surface area contributed by atoms with Crippen LogP contribution in [0.25, 0.3) is 5.69 Å². The summed E-state index contributed by atoms with van der Waals surface area (Å²) in [5.74, 6) is -0.0947. The van der Waals surface area contributed by atoms with Gasteiger partial charge in [-0.2, -0.15) is 9.36 Å². The number of benzene rings is 1. The van der Waals surface area contributed by atoms with Gasteiger partial charge in [0.05, 0.1) is 10.7 Å². The number of amides is 1. The molecule has 0 unspecified atom stereocenters. The number of hydrogen-bond donors (Lipinski definition) is 0. The van der Waals surface area contributed by atoms with Crippen molar-refractivity contribution in [1.29, 1.82) is 0 Å². The molecular formula is C17H22ClN5O2. The predicted octanol–water partition coefficient (Wildman–Crippen LogP) is 2.26. The zero-order valence-corrected chi connectivity index (χ0v) is 15.0. The lowest BCUT2D eigenvalue weighted by Gasteiger charge is -2.33. The van der Waals surface area contributed by atoms with Gasteiger partial charge in [-0.1, -0.05) is 43.0 Å². The van der Waals surface area contributed by atoms with Crippen LogP contribution in [0.3, 0.4) is 0 Å². The average Bonchev–Trinajstić information content (AvgIpc) is 2.97. The Morgan fingerprint density at radius 1 is 1.24 bits per heavy atom. The van der Waals surface area contributed by atoms with E-state index in [0.29, 0.717) is 17.3 Å². The summed E-state index contributed by atoms with van der Waals surface area (Å²) in [5, 5.41) is 8.11. The molecule has 0 N–H and O–H groups in total. The summed E-state index contributed by atoms with van der Waals surface area (Å²) in [6.45, 7) is 2.50. The summed E-state index contributed by atoms with van der Waals surface area (Å²) < 4.78 is 2.21. The fourth-order valence-electron chi connectivity index (χ4n) is 3.40. The number of nitrogens with zero attached hydrogens (tertiary/aromatic N) is 5. The van der Waals surface area contributed by atoms with Crippen molar-refractivity contribution in [1.82, 2.24) is 24.7 Å². The van der Waals surface area contributed by atoms with Gasteiger partial charge in [0.2, 0.25) is 5.91 Å². The van der Waals surface area contributed by atoms with Crippen LogP contribution in [0.2, 0.25) is 5.02 Å². The number of para-hydroxylation sites is 1. The minimum Gasteiger partial charge on any atom is -0.338 e. The van der Waals surface area contributed by atoms with Crippen molar-refractivity contribution in [2.45, 2.75) is 51.6 Å². The van der Waals surface area contributed by atoms with Crippen LogP contribution in [0, 0.1) is 0 Å². The first kappa shape index (κ1) is 17.7. The summed E-state index contributed by atoms with van der Waals surface area (Å²) in [4.78, 5) is 27.0. The van der Waals surface area contributed by atoms with Gasteiger partial charge in [0.25, 0.3) is 0 Å². The molecule has 3 rings (SSSR count). The first-order valence-corrected chi connectivity index (χ1v) is 9.06. The molecule has 0 spiro atoms. The predicted molar refractivity (Wildman–Crippen MR) is 94.9 cm³/mol. The SMILES string of the molecule is CCN(C(=O)Cn1nnn(-c2ccccc2Cl)c1=O)C1CCCCC1. The standard InChI is InChI=1S/C17H22ClN5O2/c1-2-21(13-8-4-3-5-9-13)16(24)12-22-17(25)23(20-19-22)15-11-7-6-10-14(15)18/h6-7,10-11,13H,2-5,8-9,12H2,1H3. The largest absolute Gasteiger partial charge is 0.369 e. The molecule has 2 aromatic rings. The molecule has 0 aliphatic heterocycles. The molecule has 0 bridgehead atoms. The van der Waals surface area contributed by atoms with Gasteiger partial charge in [0.1, 0.15) is 6.54 Å². The van der Waals surface area contributed by atoms with Gasteiger partial charge in [-0.3, -0.25) is 4.79 Å². The van der Waals surface area contributed by atoms with Crippen LogP contribution in [0.1, 0.15) is 39.0 Å². The van der Waals surface area contributed by atoms with E-state index < -0.39 is 5.69 Å². The second kappa shape index (κ2) is 7.82. The van der Waals surface area contributed by atoms with Crippen LogP contribution in [-0.4, -0.2) is 43.2 Å². The molecule has 1 aliphatic rings. The van der Waals surface area contributed by atoms with Crippen LogP contribution < -0.4 is 5.69 Å². The monoisotopic (exact) mass is 363 g/mol. The number of hydrogen-bond acceptors (Lipinski definition) is 4. The van der Waals surface area contributed by atoms with Crippen molar-refractivity contribution in [2.75, 3.05) is 6.54 Å². The Hall–Kier alpha value is -2.15. The minimum absolute atomic E-state index is 0.0947. The highest BCUT2D eigenvalue weighted by atomic mass is 35.5. The molecule has 1 aliphatic carbocycles. The number of carbonyl (C=O) groups is 1. The molecule has 134 valence electrons. The third-order valence-electron chi connectivity index (χ3n) is 4.68. The molecule has 1 aromatic carbocycles. The molecule has 1 heterocycles. The van der Waals surface area contributed by atoms with E-state index in [1.54, 1.807) is 24.3 Å². The Morgan fingerprint density at radius 2 is 1.96 bits per heavy atom. The molecule has 0 atom stereocenters. The number of carbonyl (C=O) groups excluding carboxylic acids is 1. The van der Waals surface area contributed by atoms with Crippen molar-refractivity contribution in [2.24, 2.45) is 0 Å². The molecule has 1 fully saturated rings. The number of rotatable bonds is 5. The van der Waals surface area contributed by atoms with Gasteiger partial charge >= 0.3 is 5.69 Å². The molecule has 1 aromatic heterocycles. The molecule has 8 heteroatoms. The van der Waals surface area contributed by atoms with Gasteiger partial charge in [-0.25, -0.2) is 4.79 Å². The van der Waals surface area contributed by atoms with Crippen LogP contribution in [0.15, 0.2) is 29.1 Å². The number of aromatic nitrogens is 4. The van der Waals surface area contributed by atoms with Gasteiger partial charge < -0.3 is 4.90 Å². The molecule has 7 nitrogen and oxygen atoms in total. The van der Waals surface area contributed by atoms with Gasteiger partial charge in [-0.05, 0) is 42.3 Å². The summed E-state index contributed by atoms with van der Waals surface area (Å²) in [5.41, 5.74) is -0.0198. The minimum atomic E-state index is -0.471. The Balaban J connectivity index is 1.78.